The molecule has 0 spiro atoms. The average molecular weight is 290 g/mol. The van der Waals surface area contributed by atoms with Crippen molar-refractivity contribution in [1.29, 1.82) is 0 Å². The zero-order valence-electron chi connectivity index (χ0n) is 12.3. The summed E-state index contributed by atoms with van der Waals surface area (Å²) >= 11 is 0. The minimum Gasteiger partial charge on any atom is -0.497 e. The normalized spacial score (nSPS) is 25.8. The third kappa shape index (κ3) is 3.54. The SMILES string of the molecule is COc1cccc([C@@H]2C[C@@H](O)CN2CC(=O)NC2CC2)c1. The van der Waals surface area contributed by atoms with Gasteiger partial charge in [-0.3, -0.25) is 9.69 Å². The number of β-amino-alcohol motifs (C(OH)–C–C–N with tert-alkyl or cyclic N) is 1. The molecule has 1 heterocycles. The van der Waals surface area contributed by atoms with Gasteiger partial charge in [0.2, 0.25) is 5.91 Å². The van der Waals surface area contributed by atoms with Crippen molar-refractivity contribution < 1.29 is 14.6 Å². The summed E-state index contributed by atoms with van der Waals surface area (Å²) in [5, 5.41) is 13.0. The maximum atomic E-state index is 12.0. The molecule has 1 aliphatic heterocycles. The van der Waals surface area contributed by atoms with E-state index in [1.807, 2.05) is 24.3 Å². The van der Waals surface area contributed by atoms with E-state index in [-0.39, 0.29) is 18.1 Å². The van der Waals surface area contributed by atoms with Crippen LogP contribution in [-0.4, -0.2) is 48.3 Å². The Bertz CT molecular complexity index is 516. The number of nitrogens with one attached hydrogen (secondary N) is 1. The van der Waals surface area contributed by atoms with E-state index in [9.17, 15) is 9.90 Å². The fraction of sp³-hybridized carbons (Fsp3) is 0.562. The van der Waals surface area contributed by atoms with Crippen LogP contribution in [0.15, 0.2) is 24.3 Å². The van der Waals surface area contributed by atoms with E-state index >= 15 is 0 Å². The van der Waals surface area contributed by atoms with Gasteiger partial charge < -0.3 is 15.2 Å². The van der Waals surface area contributed by atoms with Crippen molar-refractivity contribution in [3.05, 3.63) is 29.8 Å². The first-order chi connectivity index (χ1) is 10.2. The second-order valence-electron chi connectivity index (χ2n) is 5.95. The Kier molecular flexibility index (Phi) is 4.12. The highest BCUT2D eigenvalue weighted by Gasteiger charge is 2.34. The number of aliphatic hydroxyl groups is 1. The van der Waals surface area contributed by atoms with Crippen LogP contribution in [0.25, 0.3) is 0 Å². The molecule has 1 amide bonds. The van der Waals surface area contributed by atoms with E-state index in [1.54, 1.807) is 7.11 Å². The van der Waals surface area contributed by atoms with E-state index in [2.05, 4.69) is 10.2 Å². The maximum Gasteiger partial charge on any atom is 0.234 e. The molecule has 0 unspecified atom stereocenters. The van der Waals surface area contributed by atoms with Gasteiger partial charge in [0.05, 0.1) is 19.8 Å². The number of likely N-dealkylation sites (tertiary alicyclic amines) is 1. The summed E-state index contributed by atoms with van der Waals surface area (Å²) in [5.41, 5.74) is 1.09. The lowest BCUT2D eigenvalue weighted by Gasteiger charge is -2.24. The number of benzene rings is 1. The smallest absolute Gasteiger partial charge is 0.234 e. The molecule has 3 rings (SSSR count). The standard InChI is InChI=1S/C16H22N2O3/c1-21-14-4-2-3-11(7-14)15-8-13(19)9-18(15)10-16(20)17-12-5-6-12/h2-4,7,12-13,15,19H,5-6,8-10H2,1H3,(H,17,20)/t13-,15+/m1/s1. The molecule has 1 saturated carbocycles. The molecule has 0 aromatic heterocycles. The largest absolute Gasteiger partial charge is 0.497 e. The van der Waals surface area contributed by atoms with E-state index in [0.717, 1.165) is 24.2 Å². The van der Waals surface area contributed by atoms with Crippen LogP contribution in [0.4, 0.5) is 0 Å². The van der Waals surface area contributed by atoms with Gasteiger partial charge in [-0.2, -0.15) is 0 Å². The lowest BCUT2D eigenvalue weighted by Crippen LogP contribution is -2.38. The summed E-state index contributed by atoms with van der Waals surface area (Å²) in [7, 11) is 1.64. The summed E-state index contributed by atoms with van der Waals surface area (Å²) in [6, 6.07) is 8.30. The second-order valence-corrected chi connectivity index (χ2v) is 5.95. The number of carbonyl (C=O) groups is 1. The first-order valence-corrected chi connectivity index (χ1v) is 7.51. The number of aliphatic hydroxyl groups excluding tert-OH is 1. The molecule has 5 heteroatoms. The number of ether oxygens (including phenoxy) is 1. The van der Waals surface area contributed by atoms with Crippen LogP contribution < -0.4 is 10.1 Å². The van der Waals surface area contributed by atoms with E-state index in [0.29, 0.717) is 25.6 Å². The molecule has 0 bridgehead atoms. The Morgan fingerprint density at radius 3 is 3.00 bits per heavy atom. The fourth-order valence-corrected chi connectivity index (χ4v) is 2.94. The van der Waals surface area contributed by atoms with Gasteiger partial charge in [-0.1, -0.05) is 12.1 Å². The zero-order valence-corrected chi connectivity index (χ0v) is 12.3. The monoisotopic (exact) mass is 290 g/mol. The quantitative estimate of drug-likeness (QED) is 0.852. The molecule has 2 N–H and O–H groups in total. The molecular formula is C16H22N2O3. The lowest BCUT2D eigenvalue weighted by atomic mass is 10.0. The molecule has 1 aromatic rings. The first-order valence-electron chi connectivity index (χ1n) is 7.51. The zero-order chi connectivity index (χ0) is 14.8. The van der Waals surface area contributed by atoms with Crippen LogP contribution >= 0.6 is 0 Å². The molecule has 2 aliphatic rings. The molecule has 1 aromatic carbocycles. The van der Waals surface area contributed by atoms with E-state index in [4.69, 9.17) is 4.74 Å². The van der Waals surface area contributed by atoms with Crippen molar-refractivity contribution in [2.75, 3.05) is 20.2 Å². The Morgan fingerprint density at radius 1 is 1.48 bits per heavy atom. The number of hydrogen-bond acceptors (Lipinski definition) is 4. The van der Waals surface area contributed by atoms with Crippen LogP contribution in [0.2, 0.25) is 0 Å². The van der Waals surface area contributed by atoms with Crippen LogP contribution in [-0.2, 0) is 4.79 Å². The molecule has 1 aliphatic carbocycles. The van der Waals surface area contributed by atoms with Gasteiger partial charge in [0.15, 0.2) is 0 Å². The topological polar surface area (TPSA) is 61.8 Å². The molecule has 2 atom stereocenters. The van der Waals surface area contributed by atoms with Gasteiger partial charge in [0.1, 0.15) is 5.75 Å². The van der Waals surface area contributed by atoms with Crippen molar-refractivity contribution in [3.8, 4) is 5.75 Å². The summed E-state index contributed by atoms with van der Waals surface area (Å²) in [4.78, 5) is 14.0. The van der Waals surface area contributed by atoms with E-state index in [1.165, 1.54) is 0 Å². The highest BCUT2D eigenvalue weighted by atomic mass is 16.5. The minimum absolute atomic E-state index is 0.0551. The predicted octanol–water partition coefficient (Wildman–Crippen LogP) is 1.08. The Hall–Kier alpha value is -1.59. The summed E-state index contributed by atoms with van der Waals surface area (Å²) in [6.07, 6.45) is 2.46. The number of hydrogen-bond donors (Lipinski definition) is 2. The molecule has 5 nitrogen and oxygen atoms in total. The molecule has 114 valence electrons. The minimum atomic E-state index is -0.380. The van der Waals surface area contributed by atoms with Gasteiger partial charge in [0, 0.05) is 18.6 Å². The molecular weight excluding hydrogens is 268 g/mol. The van der Waals surface area contributed by atoms with Crippen LogP contribution in [0, 0.1) is 0 Å². The van der Waals surface area contributed by atoms with Crippen molar-refractivity contribution in [3.63, 3.8) is 0 Å². The van der Waals surface area contributed by atoms with Gasteiger partial charge in [-0.15, -0.1) is 0 Å². The molecule has 2 fully saturated rings. The average Bonchev–Trinajstić information content (AvgIpc) is 3.20. The summed E-state index contributed by atoms with van der Waals surface area (Å²) in [6.45, 7) is 0.884. The highest BCUT2D eigenvalue weighted by Crippen LogP contribution is 2.33. The third-order valence-corrected chi connectivity index (χ3v) is 4.15. The Morgan fingerprint density at radius 2 is 2.29 bits per heavy atom. The van der Waals surface area contributed by atoms with Crippen molar-refractivity contribution in [2.45, 2.75) is 37.5 Å². The Labute approximate surface area is 124 Å². The van der Waals surface area contributed by atoms with Gasteiger partial charge in [-0.05, 0) is 37.0 Å². The number of nitrogens with zero attached hydrogens (tertiary/aromatic N) is 1. The second kappa shape index (κ2) is 6.03. The van der Waals surface area contributed by atoms with Gasteiger partial charge in [0.25, 0.3) is 0 Å². The van der Waals surface area contributed by atoms with Crippen LogP contribution in [0.1, 0.15) is 30.9 Å². The maximum absolute atomic E-state index is 12.0. The van der Waals surface area contributed by atoms with Crippen LogP contribution in [0.3, 0.4) is 0 Å². The van der Waals surface area contributed by atoms with Crippen molar-refractivity contribution >= 4 is 5.91 Å². The molecule has 0 radical (unpaired) electrons. The number of carbonyl (C=O) groups excluding carboxylic acids is 1. The Balaban J connectivity index is 1.70. The van der Waals surface area contributed by atoms with Crippen molar-refractivity contribution in [1.82, 2.24) is 10.2 Å². The van der Waals surface area contributed by atoms with E-state index < -0.39 is 0 Å². The molecule has 21 heavy (non-hydrogen) atoms. The predicted molar refractivity (Wildman–Crippen MR) is 79.1 cm³/mol. The summed E-state index contributed by atoms with van der Waals surface area (Å²) in [5.74, 6) is 0.857. The molecule has 1 saturated heterocycles. The van der Waals surface area contributed by atoms with Crippen molar-refractivity contribution in [2.24, 2.45) is 0 Å². The van der Waals surface area contributed by atoms with Gasteiger partial charge in [-0.25, -0.2) is 0 Å². The third-order valence-electron chi connectivity index (χ3n) is 4.15. The fourth-order valence-electron chi connectivity index (χ4n) is 2.94. The van der Waals surface area contributed by atoms with Crippen LogP contribution in [0.5, 0.6) is 5.75 Å². The first kappa shape index (κ1) is 14.4. The summed E-state index contributed by atoms with van der Waals surface area (Å²) < 4.78 is 5.26. The number of amides is 1. The highest BCUT2D eigenvalue weighted by molar-refractivity contribution is 5.78. The lowest BCUT2D eigenvalue weighted by molar-refractivity contribution is -0.122. The number of rotatable bonds is 5. The van der Waals surface area contributed by atoms with Gasteiger partial charge >= 0.3 is 0 Å². The number of methoxy groups -OCH3 is 1.